The average molecular weight is 568 g/mol. The number of aliphatic hydroxyl groups excluding tert-OH is 1. The van der Waals surface area contributed by atoms with Gasteiger partial charge >= 0.3 is 5.97 Å². The fourth-order valence-electron chi connectivity index (χ4n) is 9.01. The molecule has 1 N–H and O–H groups in total. The van der Waals surface area contributed by atoms with Gasteiger partial charge in [0.25, 0.3) is 0 Å². The minimum absolute atomic E-state index is 0.0991. The van der Waals surface area contributed by atoms with Gasteiger partial charge in [-0.25, -0.2) is 4.68 Å². The number of nitrogens with zero attached hydrogens (tertiary/aromatic N) is 2. The summed E-state index contributed by atoms with van der Waals surface area (Å²) in [4.78, 5) is 12.3. The first kappa shape index (κ1) is 25.4. The highest BCUT2D eigenvalue weighted by Crippen LogP contribution is 2.65. The molecule has 1 aromatic heterocycles. The highest BCUT2D eigenvalue weighted by Gasteiger charge is 2.63. The predicted molar refractivity (Wildman–Crippen MR) is 148 cm³/mol. The number of hydrogen-bond acceptors (Lipinski definition) is 4. The summed E-state index contributed by atoms with van der Waals surface area (Å²) in [6.07, 6.45) is 10.3. The number of ether oxygens (including phenoxy) is 1. The highest BCUT2D eigenvalue weighted by atomic mass is 79.9. The molecule has 0 spiro atoms. The van der Waals surface area contributed by atoms with E-state index in [0.717, 1.165) is 42.3 Å². The molecule has 2 aromatic rings. The van der Waals surface area contributed by atoms with Crippen LogP contribution in [0.3, 0.4) is 0 Å². The Bertz CT molecular complexity index is 1250. The molecular formula is C31H39BrN2O3. The molecule has 3 fully saturated rings. The van der Waals surface area contributed by atoms with Crippen LogP contribution in [0.5, 0.6) is 0 Å². The molecule has 0 radical (unpaired) electrons. The molecule has 0 aliphatic heterocycles. The maximum Gasteiger partial charge on any atom is 0.305 e. The van der Waals surface area contributed by atoms with Gasteiger partial charge in [-0.3, -0.25) is 4.79 Å². The number of para-hydroxylation sites is 1. The molecule has 1 heterocycles. The van der Waals surface area contributed by atoms with Crippen LogP contribution in [0, 0.1) is 34.5 Å². The number of aromatic nitrogens is 2. The van der Waals surface area contributed by atoms with E-state index in [1.54, 1.807) is 0 Å². The molecule has 0 bridgehead atoms. The number of rotatable bonds is 3. The van der Waals surface area contributed by atoms with E-state index in [-0.39, 0.29) is 28.8 Å². The minimum atomic E-state index is -0.411. The molecule has 4 aliphatic rings. The topological polar surface area (TPSA) is 64.3 Å². The Hall–Kier alpha value is -1.92. The van der Waals surface area contributed by atoms with Crippen LogP contribution in [0.4, 0.5) is 0 Å². The van der Waals surface area contributed by atoms with Gasteiger partial charge in [0, 0.05) is 16.3 Å². The standard InChI is InChI=1S/C31H39BrN2O3/c1-5-27(36)37-29-18(2)13-22-21-10-8-9-20-14-25-19(17-33-34(25)24-12-7-6-11-23(24)32)15-30(20,3)28(21)26(35)16-31(22,29)4/h6-7,11-12,14,17-18,21-22,26,28-29,35H,5,8-10,13,15-16H2,1-4H3/t18?,21?,22?,26?,28?,29-,30?,31?/m1/s1. The van der Waals surface area contributed by atoms with Crippen molar-refractivity contribution in [2.24, 2.45) is 34.5 Å². The fourth-order valence-corrected chi connectivity index (χ4v) is 9.46. The number of halogens is 1. The van der Waals surface area contributed by atoms with E-state index >= 15 is 0 Å². The largest absolute Gasteiger partial charge is 0.461 e. The number of aliphatic hydroxyl groups is 1. The van der Waals surface area contributed by atoms with Gasteiger partial charge in [-0.05, 0) is 107 Å². The molecule has 6 heteroatoms. The normalized spacial score (nSPS) is 38.5. The van der Waals surface area contributed by atoms with Crippen molar-refractivity contribution in [3.05, 3.63) is 51.8 Å². The quantitative estimate of drug-likeness (QED) is 0.417. The smallest absolute Gasteiger partial charge is 0.305 e. The maximum absolute atomic E-state index is 12.3. The van der Waals surface area contributed by atoms with Crippen molar-refractivity contribution < 1.29 is 14.6 Å². The van der Waals surface area contributed by atoms with Crippen LogP contribution >= 0.6 is 15.9 Å². The van der Waals surface area contributed by atoms with Crippen molar-refractivity contribution in [2.75, 3.05) is 0 Å². The van der Waals surface area contributed by atoms with Crippen LogP contribution in [-0.2, 0) is 16.0 Å². The average Bonchev–Trinajstić information content (AvgIpc) is 3.30. The minimum Gasteiger partial charge on any atom is -0.461 e. The molecule has 8 atom stereocenters. The SMILES string of the molecule is CCC(=O)O[C@@H]1C(C)CC2C3CCCC4=Cc5c(cnn5-c5ccccc5Br)CC4(C)C3C(O)CC21C. The third kappa shape index (κ3) is 3.80. The van der Waals surface area contributed by atoms with Crippen molar-refractivity contribution in [2.45, 2.75) is 84.8 Å². The molecule has 6 rings (SSSR count). The zero-order chi connectivity index (χ0) is 26.1. The van der Waals surface area contributed by atoms with Gasteiger partial charge in [0.1, 0.15) is 6.10 Å². The maximum atomic E-state index is 12.3. The van der Waals surface area contributed by atoms with Gasteiger partial charge in [0.2, 0.25) is 0 Å². The van der Waals surface area contributed by atoms with Crippen molar-refractivity contribution in [3.8, 4) is 5.69 Å². The van der Waals surface area contributed by atoms with Crippen molar-refractivity contribution in [1.29, 1.82) is 0 Å². The van der Waals surface area contributed by atoms with E-state index < -0.39 is 6.10 Å². The summed E-state index contributed by atoms with van der Waals surface area (Å²) in [5.74, 6) is 1.30. The molecule has 37 heavy (non-hydrogen) atoms. The van der Waals surface area contributed by atoms with E-state index in [1.807, 2.05) is 25.3 Å². The number of carbonyl (C=O) groups excluding carboxylic acids is 1. The molecule has 5 nitrogen and oxygen atoms in total. The van der Waals surface area contributed by atoms with E-state index in [0.29, 0.717) is 30.6 Å². The fraction of sp³-hybridized carbons (Fsp3) is 0.613. The van der Waals surface area contributed by atoms with Gasteiger partial charge in [-0.15, -0.1) is 0 Å². The highest BCUT2D eigenvalue weighted by molar-refractivity contribution is 9.10. The third-order valence-electron chi connectivity index (χ3n) is 10.5. The summed E-state index contributed by atoms with van der Waals surface area (Å²) in [6, 6.07) is 8.23. The molecule has 3 saturated carbocycles. The van der Waals surface area contributed by atoms with Crippen molar-refractivity contribution in [1.82, 2.24) is 9.78 Å². The summed E-state index contributed by atoms with van der Waals surface area (Å²) in [5, 5.41) is 16.7. The second-order valence-corrected chi connectivity index (χ2v) is 13.5. The van der Waals surface area contributed by atoms with Gasteiger partial charge in [0.05, 0.1) is 23.7 Å². The summed E-state index contributed by atoms with van der Waals surface area (Å²) in [6.45, 7) is 8.80. The number of esters is 1. The van der Waals surface area contributed by atoms with Crippen LogP contribution < -0.4 is 0 Å². The third-order valence-corrected chi connectivity index (χ3v) is 11.2. The number of allylic oxidation sites excluding steroid dienone is 1. The number of hydrogen-bond donors (Lipinski definition) is 1. The zero-order valence-corrected chi connectivity index (χ0v) is 24.0. The molecule has 0 saturated heterocycles. The molecule has 198 valence electrons. The Morgan fingerprint density at radius 1 is 1.30 bits per heavy atom. The van der Waals surface area contributed by atoms with E-state index in [2.05, 4.69) is 59.6 Å². The number of carbonyl (C=O) groups is 1. The van der Waals surface area contributed by atoms with Crippen molar-refractivity contribution >= 4 is 28.0 Å². The van der Waals surface area contributed by atoms with Crippen LogP contribution in [0.1, 0.15) is 77.5 Å². The van der Waals surface area contributed by atoms with Crippen LogP contribution in [0.2, 0.25) is 0 Å². The molecule has 4 aliphatic carbocycles. The van der Waals surface area contributed by atoms with Crippen molar-refractivity contribution in [3.63, 3.8) is 0 Å². The van der Waals surface area contributed by atoms with E-state index in [4.69, 9.17) is 9.84 Å². The number of fused-ring (bicyclic) bond motifs is 6. The first-order valence-electron chi connectivity index (χ1n) is 14.1. The second-order valence-electron chi connectivity index (χ2n) is 12.6. The van der Waals surface area contributed by atoms with Gasteiger partial charge < -0.3 is 9.84 Å². The Balaban J connectivity index is 1.37. The Kier molecular flexibility index (Phi) is 6.23. The lowest BCUT2D eigenvalue weighted by Crippen LogP contribution is -2.55. The Morgan fingerprint density at radius 3 is 2.84 bits per heavy atom. The number of benzene rings is 1. The molecule has 0 amide bonds. The Labute approximate surface area is 228 Å². The summed E-state index contributed by atoms with van der Waals surface area (Å²) in [5.41, 5.74) is 4.69. The summed E-state index contributed by atoms with van der Waals surface area (Å²) >= 11 is 3.71. The van der Waals surface area contributed by atoms with E-state index in [1.165, 1.54) is 16.8 Å². The Morgan fingerprint density at radius 2 is 2.08 bits per heavy atom. The van der Waals surface area contributed by atoms with Gasteiger partial charge in [-0.2, -0.15) is 5.10 Å². The predicted octanol–water partition coefficient (Wildman–Crippen LogP) is 6.75. The first-order chi connectivity index (χ1) is 17.7. The second kappa shape index (κ2) is 9.08. The lowest BCUT2D eigenvalue weighted by molar-refractivity contribution is -0.169. The first-order valence-corrected chi connectivity index (χ1v) is 14.9. The van der Waals surface area contributed by atoms with Crippen LogP contribution in [0.15, 0.2) is 40.5 Å². The lowest BCUT2D eigenvalue weighted by Gasteiger charge is -2.55. The summed E-state index contributed by atoms with van der Waals surface area (Å²) in [7, 11) is 0. The molecule has 1 aromatic carbocycles. The molecule has 7 unspecified atom stereocenters. The van der Waals surface area contributed by atoms with Crippen LogP contribution in [-0.4, -0.2) is 33.1 Å². The van der Waals surface area contributed by atoms with Gasteiger partial charge in [-0.1, -0.05) is 45.4 Å². The van der Waals surface area contributed by atoms with E-state index in [9.17, 15) is 9.90 Å². The summed E-state index contributed by atoms with van der Waals surface area (Å²) < 4.78 is 9.16. The lowest BCUT2D eigenvalue weighted by atomic mass is 9.50. The zero-order valence-electron chi connectivity index (χ0n) is 22.4. The van der Waals surface area contributed by atoms with Gasteiger partial charge in [0.15, 0.2) is 0 Å². The monoisotopic (exact) mass is 566 g/mol. The molecular weight excluding hydrogens is 528 g/mol. The van der Waals surface area contributed by atoms with Crippen LogP contribution in [0.25, 0.3) is 11.8 Å².